The van der Waals surface area contributed by atoms with E-state index in [4.69, 9.17) is 0 Å². The predicted octanol–water partition coefficient (Wildman–Crippen LogP) is 5.10. The molecule has 5 nitrogen and oxygen atoms in total. The average Bonchev–Trinajstić information content (AvgIpc) is 2.77. The van der Waals surface area contributed by atoms with Crippen LogP contribution in [0.25, 0.3) is 0 Å². The van der Waals surface area contributed by atoms with Gasteiger partial charge in [-0.15, -0.1) is 0 Å². The van der Waals surface area contributed by atoms with Gasteiger partial charge in [0.25, 0.3) is 0 Å². The van der Waals surface area contributed by atoms with Gasteiger partial charge in [0.2, 0.25) is 5.91 Å². The van der Waals surface area contributed by atoms with E-state index in [2.05, 4.69) is 42.9 Å². The topological polar surface area (TPSA) is 62.3 Å². The monoisotopic (exact) mass is 451 g/mol. The summed E-state index contributed by atoms with van der Waals surface area (Å²) in [5.74, 6) is 0.855. The molecule has 0 fully saturated rings. The van der Waals surface area contributed by atoms with Crippen LogP contribution in [0.4, 0.5) is 0 Å². The van der Waals surface area contributed by atoms with Gasteiger partial charge in [-0.1, -0.05) is 26.8 Å². The third-order valence-corrected chi connectivity index (χ3v) is 6.34. The van der Waals surface area contributed by atoms with Crippen LogP contribution in [0.15, 0.2) is 36.5 Å². The Balaban J connectivity index is 2.06. The van der Waals surface area contributed by atoms with E-state index in [0.717, 1.165) is 35.2 Å². The Morgan fingerprint density at radius 1 is 1.09 bits per heavy atom. The first-order chi connectivity index (χ1) is 15.6. The second-order valence-electron chi connectivity index (χ2n) is 9.78. The molecule has 0 saturated heterocycles. The summed E-state index contributed by atoms with van der Waals surface area (Å²) in [4.78, 5) is 31.7. The van der Waals surface area contributed by atoms with Crippen molar-refractivity contribution in [3.8, 4) is 0 Å². The average molecular weight is 452 g/mol. The number of aryl methyl sites for hydroxylation is 2. The lowest BCUT2D eigenvalue weighted by atomic mass is 9.90. The van der Waals surface area contributed by atoms with Crippen LogP contribution in [0.1, 0.15) is 78.7 Å². The SMILES string of the molecule is CCC(=O)c1cc(C)c(C[C@@H](CNC(=O)C[C@@H](CC(C)C)c2ccccn2)N(C)C)c(C)c1. The van der Waals surface area contributed by atoms with Crippen molar-refractivity contribution in [2.75, 3.05) is 20.6 Å². The number of aromatic nitrogens is 1. The van der Waals surface area contributed by atoms with Gasteiger partial charge in [0.1, 0.15) is 0 Å². The zero-order valence-corrected chi connectivity index (χ0v) is 21.4. The van der Waals surface area contributed by atoms with E-state index in [-0.39, 0.29) is 23.7 Å². The Bertz CT molecular complexity index is 899. The van der Waals surface area contributed by atoms with Crippen LogP contribution in [0.2, 0.25) is 0 Å². The number of rotatable bonds is 12. The van der Waals surface area contributed by atoms with Crippen LogP contribution in [-0.4, -0.2) is 48.3 Å². The highest BCUT2D eigenvalue weighted by Crippen LogP contribution is 2.25. The number of benzene rings is 1. The van der Waals surface area contributed by atoms with Gasteiger partial charge in [-0.05, 0) is 87.7 Å². The number of nitrogens with zero attached hydrogens (tertiary/aromatic N) is 2. The maximum absolute atomic E-state index is 12.9. The van der Waals surface area contributed by atoms with Crippen molar-refractivity contribution in [3.63, 3.8) is 0 Å². The lowest BCUT2D eigenvalue weighted by Crippen LogP contribution is -2.42. The molecule has 2 atom stereocenters. The summed E-state index contributed by atoms with van der Waals surface area (Å²) in [5, 5.41) is 3.17. The third-order valence-electron chi connectivity index (χ3n) is 6.34. The first kappa shape index (κ1) is 26.7. The zero-order valence-electron chi connectivity index (χ0n) is 21.4. The Hall–Kier alpha value is -2.53. The lowest BCUT2D eigenvalue weighted by Gasteiger charge is -2.27. The highest BCUT2D eigenvalue weighted by Gasteiger charge is 2.21. The molecule has 0 spiro atoms. The fraction of sp³-hybridized carbons (Fsp3) is 0.536. The second kappa shape index (κ2) is 12.6. The summed E-state index contributed by atoms with van der Waals surface area (Å²) in [6.45, 7) is 11.0. The van der Waals surface area contributed by atoms with E-state index in [1.54, 1.807) is 6.20 Å². The van der Waals surface area contributed by atoms with Crippen molar-refractivity contribution < 1.29 is 9.59 Å². The number of amides is 1. The largest absolute Gasteiger partial charge is 0.355 e. The maximum Gasteiger partial charge on any atom is 0.220 e. The van der Waals surface area contributed by atoms with Crippen LogP contribution in [0, 0.1) is 19.8 Å². The minimum atomic E-state index is 0.0653. The summed E-state index contributed by atoms with van der Waals surface area (Å²) < 4.78 is 0. The standard InChI is InChI=1S/C28H41N3O2/c1-8-27(32)23-14-20(4)25(21(5)15-23)17-24(31(6)7)18-30-28(33)16-22(13-19(2)3)26-11-9-10-12-29-26/h9-12,14-15,19,22,24H,8,13,16-18H2,1-7H3,(H,30,33)/t22-,24+/m1/s1. The number of hydrogen-bond acceptors (Lipinski definition) is 4. The number of Topliss-reactive ketones (excluding diaryl/α,β-unsaturated/α-hetero) is 1. The molecule has 1 N–H and O–H groups in total. The van der Waals surface area contributed by atoms with E-state index in [1.165, 1.54) is 5.56 Å². The van der Waals surface area contributed by atoms with Gasteiger partial charge < -0.3 is 10.2 Å². The molecular weight excluding hydrogens is 410 g/mol. The molecule has 33 heavy (non-hydrogen) atoms. The Morgan fingerprint density at radius 2 is 1.76 bits per heavy atom. The smallest absolute Gasteiger partial charge is 0.220 e. The van der Waals surface area contributed by atoms with Gasteiger partial charge in [0, 0.05) is 48.8 Å². The summed E-state index contributed by atoms with van der Waals surface area (Å²) in [7, 11) is 4.10. The number of ketones is 1. The third kappa shape index (κ3) is 8.08. The Labute approximate surface area is 200 Å². The fourth-order valence-corrected chi connectivity index (χ4v) is 4.38. The van der Waals surface area contributed by atoms with E-state index >= 15 is 0 Å². The van der Waals surface area contributed by atoms with E-state index in [1.807, 2.05) is 51.4 Å². The number of hydrogen-bond donors (Lipinski definition) is 1. The molecule has 1 heterocycles. The number of nitrogens with one attached hydrogen (secondary N) is 1. The van der Waals surface area contributed by atoms with E-state index in [0.29, 0.717) is 25.3 Å². The summed E-state index contributed by atoms with van der Waals surface area (Å²) >= 11 is 0. The van der Waals surface area contributed by atoms with Gasteiger partial charge in [0.15, 0.2) is 5.78 Å². The molecule has 0 unspecified atom stereocenters. The van der Waals surface area contributed by atoms with Gasteiger partial charge in [-0.25, -0.2) is 0 Å². The molecular formula is C28H41N3O2. The van der Waals surface area contributed by atoms with Crippen molar-refractivity contribution in [3.05, 3.63) is 64.5 Å². The van der Waals surface area contributed by atoms with Gasteiger partial charge in [0.05, 0.1) is 0 Å². The summed E-state index contributed by atoms with van der Waals surface area (Å²) in [6.07, 6.45) is 4.51. The highest BCUT2D eigenvalue weighted by molar-refractivity contribution is 5.96. The van der Waals surface area contributed by atoms with Crippen LogP contribution >= 0.6 is 0 Å². The molecule has 0 aliphatic heterocycles. The van der Waals surface area contributed by atoms with E-state index in [9.17, 15) is 9.59 Å². The van der Waals surface area contributed by atoms with Gasteiger partial charge >= 0.3 is 0 Å². The summed E-state index contributed by atoms with van der Waals surface area (Å²) in [6, 6.07) is 10.1. The summed E-state index contributed by atoms with van der Waals surface area (Å²) in [5.41, 5.74) is 5.30. The van der Waals surface area contributed by atoms with Crippen molar-refractivity contribution in [2.24, 2.45) is 5.92 Å². The van der Waals surface area contributed by atoms with Crippen LogP contribution < -0.4 is 5.32 Å². The maximum atomic E-state index is 12.9. The van der Waals surface area contributed by atoms with Crippen molar-refractivity contribution in [2.45, 2.75) is 72.3 Å². The van der Waals surface area contributed by atoms with Crippen LogP contribution in [0.3, 0.4) is 0 Å². The lowest BCUT2D eigenvalue weighted by molar-refractivity contribution is -0.121. The molecule has 1 amide bonds. The number of likely N-dealkylation sites (N-methyl/N-ethyl adjacent to an activating group) is 1. The van der Waals surface area contributed by atoms with E-state index < -0.39 is 0 Å². The van der Waals surface area contributed by atoms with Gasteiger partial charge in [-0.3, -0.25) is 14.6 Å². The molecule has 0 bridgehead atoms. The predicted molar refractivity (Wildman–Crippen MR) is 136 cm³/mol. The van der Waals surface area contributed by atoms with Crippen molar-refractivity contribution in [1.82, 2.24) is 15.2 Å². The van der Waals surface area contributed by atoms with Crippen molar-refractivity contribution >= 4 is 11.7 Å². The molecule has 0 saturated carbocycles. The van der Waals surface area contributed by atoms with Crippen LogP contribution in [0.5, 0.6) is 0 Å². The Morgan fingerprint density at radius 3 is 2.27 bits per heavy atom. The fourth-order valence-electron chi connectivity index (χ4n) is 4.38. The molecule has 5 heteroatoms. The molecule has 0 aliphatic rings. The molecule has 180 valence electrons. The normalized spacial score (nSPS) is 13.2. The molecule has 2 aromatic rings. The van der Waals surface area contributed by atoms with Crippen molar-refractivity contribution in [1.29, 1.82) is 0 Å². The first-order valence-electron chi connectivity index (χ1n) is 12.1. The molecule has 1 aromatic carbocycles. The zero-order chi connectivity index (χ0) is 24.5. The number of carbonyl (C=O) groups is 2. The quantitative estimate of drug-likeness (QED) is 0.456. The minimum absolute atomic E-state index is 0.0653. The molecule has 1 aromatic heterocycles. The minimum Gasteiger partial charge on any atom is -0.355 e. The van der Waals surface area contributed by atoms with Crippen LogP contribution in [-0.2, 0) is 11.2 Å². The second-order valence-corrected chi connectivity index (χ2v) is 9.78. The molecule has 2 rings (SSSR count). The molecule has 0 radical (unpaired) electrons. The first-order valence-corrected chi connectivity index (χ1v) is 12.1. The Kier molecular flexibility index (Phi) is 10.2. The number of pyridine rings is 1. The number of carbonyl (C=O) groups excluding carboxylic acids is 2. The highest BCUT2D eigenvalue weighted by atomic mass is 16.1. The molecule has 0 aliphatic carbocycles. The van der Waals surface area contributed by atoms with Gasteiger partial charge in [-0.2, -0.15) is 0 Å².